The number of fused-ring (bicyclic) bond motifs is 1. The normalized spacial score (nSPS) is 16.1. The molecule has 0 saturated heterocycles. The van der Waals surface area contributed by atoms with Crippen molar-refractivity contribution < 1.29 is 4.79 Å². The summed E-state index contributed by atoms with van der Waals surface area (Å²) in [6.45, 7) is 0. The zero-order chi connectivity index (χ0) is 11.8. The predicted octanol–water partition coefficient (Wildman–Crippen LogP) is 3.11. The van der Waals surface area contributed by atoms with Gasteiger partial charge in [0.2, 0.25) is 0 Å². The van der Waals surface area contributed by atoms with Crippen LogP contribution in [0.2, 0.25) is 0 Å². The van der Waals surface area contributed by atoms with E-state index in [1.807, 2.05) is 42.6 Å². The van der Waals surface area contributed by atoms with Crippen molar-refractivity contribution in [1.82, 2.24) is 4.98 Å². The first kappa shape index (κ1) is 10.6. The molecule has 3 rings (SSSR count). The van der Waals surface area contributed by atoms with E-state index >= 15 is 0 Å². The molecule has 0 atom stereocenters. The highest BCUT2D eigenvalue weighted by atomic mass is 127. The van der Waals surface area contributed by atoms with Gasteiger partial charge in [0.05, 0.1) is 5.57 Å². The maximum Gasteiger partial charge on any atom is 0.256 e. The van der Waals surface area contributed by atoms with Crippen molar-refractivity contribution in [2.45, 2.75) is 0 Å². The Labute approximate surface area is 112 Å². The third-order valence-corrected chi connectivity index (χ3v) is 3.36. The van der Waals surface area contributed by atoms with Gasteiger partial charge in [0.1, 0.15) is 0 Å². The van der Waals surface area contributed by atoms with Crippen LogP contribution in [0.25, 0.3) is 11.6 Å². The van der Waals surface area contributed by atoms with E-state index < -0.39 is 0 Å². The molecule has 0 bridgehead atoms. The van der Waals surface area contributed by atoms with Crippen molar-refractivity contribution in [3.05, 3.63) is 51.4 Å². The van der Waals surface area contributed by atoms with Gasteiger partial charge >= 0.3 is 0 Å². The van der Waals surface area contributed by atoms with Crippen molar-refractivity contribution in [2.75, 3.05) is 5.32 Å². The molecule has 1 aliphatic rings. The number of aromatic amines is 1. The molecule has 2 N–H and O–H groups in total. The van der Waals surface area contributed by atoms with Crippen LogP contribution in [0.5, 0.6) is 0 Å². The van der Waals surface area contributed by atoms with Gasteiger partial charge in [-0.2, -0.15) is 0 Å². The fraction of sp³-hybridized carbons (Fsp3) is 0. The van der Waals surface area contributed by atoms with E-state index in [4.69, 9.17) is 0 Å². The van der Waals surface area contributed by atoms with Gasteiger partial charge in [0.25, 0.3) is 5.91 Å². The largest absolute Gasteiger partial charge is 0.362 e. The molecule has 0 spiro atoms. The van der Waals surface area contributed by atoms with E-state index in [2.05, 4.69) is 32.9 Å². The second kappa shape index (κ2) is 4.03. The van der Waals surface area contributed by atoms with E-state index in [0.717, 1.165) is 20.5 Å². The summed E-state index contributed by atoms with van der Waals surface area (Å²) in [5.74, 6) is -0.0448. The highest BCUT2D eigenvalue weighted by Gasteiger charge is 2.23. The molecule has 17 heavy (non-hydrogen) atoms. The highest BCUT2D eigenvalue weighted by molar-refractivity contribution is 14.1. The summed E-state index contributed by atoms with van der Waals surface area (Å²) >= 11 is 2.25. The highest BCUT2D eigenvalue weighted by Crippen LogP contribution is 2.33. The zero-order valence-electron chi connectivity index (χ0n) is 8.83. The Hall–Kier alpha value is -1.56. The Kier molecular flexibility index (Phi) is 2.51. The second-order valence-electron chi connectivity index (χ2n) is 3.83. The van der Waals surface area contributed by atoms with Crippen LogP contribution in [0.3, 0.4) is 0 Å². The quantitative estimate of drug-likeness (QED) is 0.610. The van der Waals surface area contributed by atoms with Crippen LogP contribution in [0, 0.1) is 3.57 Å². The first-order chi connectivity index (χ1) is 8.24. The molecule has 1 amide bonds. The standard InChI is InChI=1S/C13H9IN2O/c14-8-3-4-12-10(6-8)11(13(17)16-12)7-9-2-1-5-15-9/h1-7,15H,(H,16,17). The Morgan fingerprint density at radius 3 is 2.88 bits per heavy atom. The maximum absolute atomic E-state index is 11.9. The Balaban J connectivity index is 2.13. The molecule has 3 nitrogen and oxygen atoms in total. The van der Waals surface area contributed by atoms with Crippen LogP contribution < -0.4 is 5.32 Å². The Morgan fingerprint density at radius 2 is 2.12 bits per heavy atom. The summed E-state index contributed by atoms with van der Waals surface area (Å²) in [6, 6.07) is 9.78. The second-order valence-corrected chi connectivity index (χ2v) is 5.07. The molecule has 2 heterocycles. The lowest BCUT2D eigenvalue weighted by molar-refractivity contribution is -0.110. The van der Waals surface area contributed by atoms with Crippen LogP contribution in [0.15, 0.2) is 36.5 Å². The van der Waals surface area contributed by atoms with E-state index in [1.165, 1.54) is 0 Å². The molecule has 4 heteroatoms. The number of benzene rings is 1. The minimum atomic E-state index is -0.0448. The lowest BCUT2D eigenvalue weighted by atomic mass is 10.1. The summed E-state index contributed by atoms with van der Waals surface area (Å²) < 4.78 is 1.12. The topological polar surface area (TPSA) is 44.9 Å². The van der Waals surface area contributed by atoms with Gasteiger partial charge in [0.15, 0.2) is 0 Å². The van der Waals surface area contributed by atoms with Gasteiger partial charge in [-0.15, -0.1) is 0 Å². The molecule has 1 aromatic carbocycles. The van der Waals surface area contributed by atoms with Crippen molar-refractivity contribution in [2.24, 2.45) is 0 Å². The number of carbonyl (C=O) groups excluding carboxylic acids is 1. The number of H-pyrrole nitrogens is 1. The number of hydrogen-bond acceptors (Lipinski definition) is 1. The van der Waals surface area contributed by atoms with Crippen LogP contribution >= 0.6 is 22.6 Å². The summed E-state index contributed by atoms with van der Waals surface area (Å²) in [7, 11) is 0. The summed E-state index contributed by atoms with van der Waals surface area (Å²) in [5.41, 5.74) is 3.49. The number of amides is 1. The third kappa shape index (κ3) is 1.88. The van der Waals surface area contributed by atoms with Gasteiger partial charge < -0.3 is 10.3 Å². The number of aromatic nitrogens is 1. The number of halogens is 1. The molecule has 1 aromatic heterocycles. The van der Waals surface area contributed by atoms with Gasteiger partial charge in [-0.25, -0.2) is 0 Å². The van der Waals surface area contributed by atoms with Crippen molar-refractivity contribution in [3.63, 3.8) is 0 Å². The molecule has 2 aromatic rings. The van der Waals surface area contributed by atoms with Crippen LogP contribution in [-0.4, -0.2) is 10.9 Å². The summed E-state index contributed by atoms with van der Waals surface area (Å²) in [5, 5.41) is 2.86. The Bertz CT molecular complexity index is 614. The SMILES string of the molecule is O=C1Nc2ccc(I)cc2C1=Cc1ccc[nH]1. The molecule has 0 aliphatic carbocycles. The first-order valence-electron chi connectivity index (χ1n) is 5.20. The van der Waals surface area contributed by atoms with Crippen molar-refractivity contribution in [3.8, 4) is 0 Å². The van der Waals surface area contributed by atoms with Crippen LogP contribution in [0.4, 0.5) is 5.69 Å². The summed E-state index contributed by atoms with van der Waals surface area (Å²) in [6.07, 6.45) is 3.71. The molecule has 0 unspecified atom stereocenters. The van der Waals surface area contributed by atoms with Gasteiger partial charge in [0, 0.05) is 26.7 Å². The maximum atomic E-state index is 11.9. The predicted molar refractivity (Wildman–Crippen MR) is 76.5 cm³/mol. The van der Waals surface area contributed by atoms with E-state index in [9.17, 15) is 4.79 Å². The van der Waals surface area contributed by atoms with Gasteiger partial charge in [-0.3, -0.25) is 4.79 Å². The molecule has 84 valence electrons. The fourth-order valence-corrected chi connectivity index (χ4v) is 2.38. The lowest BCUT2D eigenvalue weighted by Gasteiger charge is -1.98. The smallest absolute Gasteiger partial charge is 0.256 e. The van der Waals surface area contributed by atoms with Crippen molar-refractivity contribution >= 4 is 45.8 Å². The monoisotopic (exact) mass is 336 g/mol. The van der Waals surface area contributed by atoms with E-state index in [1.54, 1.807) is 0 Å². The lowest BCUT2D eigenvalue weighted by Crippen LogP contribution is -2.03. The minimum Gasteiger partial charge on any atom is -0.362 e. The first-order valence-corrected chi connectivity index (χ1v) is 6.28. The molecule has 0 saturated carbocycles. The number of anilines is 1. The molecule has 1 aliphatic heterocycles. The van der Waals surface area contributed by atoms with Crippen LogP contribution in [-0.2, 0) is 4.79 Å². The number of carbonyl (C=O) groups is 1. The van der Waals surface area contributed by atoms with E-state index in [-0.39, 0.29) is 5.91 Å². The molecular weight excluding hydrogens is 327 g/mol. The van der Waals surface area contributed by atoms with Gasteiger partial charge in [-0.05, 0) is 59.0 Å². The number of hydrogen-bond donors (Lipinski definition) is 2. The molecule has 0 radical (unpaired) electrons. The number of nitrogens with one attached hydrogen (secondary N) is 2. The van der Waals surface area contributed by atoms with E-state index in [0.29, 0.717) is 5.57 Å². The number of rotatable bonds is 1. The summed E-state index contributed by atoms with van der Waals surface area (Å²) in [4.78, 5) is 14.9. The zero-order valence-corrected chi connectivity index (χ0v) is 11.0. The average molecular weight is 336 g/mol. The molecular formula is C13H9IN2O. The Morgan fingerprint density at radius 1 is 1.24 bits per heavy atom. The third-order valence-electron chi connectivity index (χ3n) is 2.69. The van der Waals surface area contributed by atoms with Crippen molar-refractivity contribution in [1.29, 1.82) is 0 Å². The minimum absolute atomic E-state index is 0.0448. The van der Waals surface area contributed by atoms with Crippen LogP contribution in [0.1, 0.15) is 11.3 Å². The van der Waals surface area contributed by atoms with Gasteiger partial charge in [-0.1, -0.05) is 0 Å². The molecule has 0 fully saturated rings. The average Bonchev–Trinajstić information content (AvgIpc) is 2.90. The fourth-order valence-electron chi connectivity index (χ4n) is 1.89.